The number of carbonyl (C=O) groups excluding carboxylic acids is 2. The van der Waals surface area contributed by atoms with Gasteiger partial charge in [-0.1, -0.05) is 12.7 Å². The van der Waals surface area contributed by atoms with Gasteiger partial charge in [-0.15, -0.1) is 0 Å². The summed E-state index contributed by atoms with van der Waals surface area (Å²) in [5.41, 5.74) is 0.208. The zero-order chi connectivity index (χ0) is 11.1. The van der Waals surface area contributed by atoms with E-state index in [1.165, 1.54) is 13.0 Å². The topological polar surface area (TPSA) is 46.6 Å². The first-order valence-electron chi connectivity index (χ1n) is 4.16. The van der Waals surface area contributed by atoms with Gasteiger partial charge in [0.15, 0.2) is 0 Å². The van der Waals surface area contributed by atoms with E-state index in [1.807, 2.05) is 19.0 Å². The van der Waals surface area contributed by atoms with Crippen molar-refractivity contribution in [3.8, 4) is 0 Å². The van der Waals surface area contributed by atoms with E-state index in [2.05, 4.69) is 11.3 Å². The van der Waals surface area contributed by atoms with Crippen molar-refractivity contribution < 1.29 is 14.3 Å². The summed E-state index contributed by atoms with van der Waals surface area (Å²) < 4.78 is 4.41. The minimum Gasteiger partial charge on any atom is -0.386 e. The average molecular weight is 197 g/mol. The smallest absolute Gasteiger partial charge is 0.340 e. The Morgan fingerprint density at radius 1 is 1.43 bits per heavy atom. The summed E-state index contributed by atoms with van der Waals surface area (Å²) in [6, 6.07) is 0. The Hall–Kier alpha value is -1.42. The van der Waals surface area contributed by atoms with Crippen LogP contribution >= 0.6 is 0 Å². The van der Waals surface area contributed by atoms with E-state index in [0.717, 1.165) is 0 Å². The molecule has 0 atom stereocenters. The summed E-state index contributed by atoms with van der Waals surface area (Å²) in [4.78, 5) is 23.7. The summed E-state index contributed by atoms with van der Waals surface area (Å²) in [6.45, 7) is 5.46. The van der Waals surface area contributed by atoms with Crippen LogP contribution in [0.2, 0.25) is 0 Å². The highest BCUT2D eigenvalue weighted by Gasteiger charge is 2.07. The van der Waals surface area contributed by atoms with E-state index in [0.29, 0.717) is 6.54 Å². The predicted octanol–water partition coefficient (Wildman–Crippen LogP) is 0.750. The molecule has 4 nitrogen and oxygen atoms in total. The van der Waals surface area contributed by atoms with E-state index in [-0.39, 0.29) is 5.57 Å². The van der Waals surface area contributed by atoms with Gasteiger partial charge in [0.05, 0.1) is 0 Å². The van der Waals surface area contributed by atoms with Gasteiger partial charge >= 0.3 is 11.9 Å². The molecule has 0 aliphatic heterocycles. The molecule has 0 aromatic heterocycles. The van der Waals surface area contributed by atoms with Gasteiger partial charge in [-0.05, 0) is 21.0 Å². The van der Waals surface area contributed by atoms with Gasteiger partial charge in [0, 0.05) is 18.2 Å². The predicted molar refractivity (Wildman–Crippen MR) is 53.6 cm³/mol. The molecule has 0 heterocycles. The quantitative estimate of drug-likeness (QED) is 0.379. The summed E-state index contributed by atoms with van der Waals surface area (Å²) in [7, 11) is 3.74. The lowest BCUT2D eigenvalue weighted by Gasteiger charge is -2.03. The Bertz CT molecular complexity index is 267. The minimum absolute atomic E-state index is 0.208. The van der Waals surface area contributed by atoms with Crippen molar-refractivity contribution in [3.63, 3.8) is 0 Å². The molecule has 0 aromatic rings. The molecule has 0 bridgehead atoms. The molecule has 0 saturated heterocycles. The molecule has 0 aliphatic carbocycles. The Balaban J connectivity index is 3.93. The summed E-state index contributed by atoms with van der Waals surface area (Å²) in [5, 5.41) is 0. The second-order valence-electron chi connectivity index (χ2n) is 3.15. The van der Waals surface area contributed by atoms with Gasteiger partial charge in [0.25, 0.3) is 0 Å². The Labute approximate surface area is 83.8 Å². The summed E-state index contributed by atoms with van der Waals surface area (Å²) >= 11 is 0. The largest absolute Gasteiger partial charge is 0.386 e. The van der Waals surface area contributed by atoms with Crippen molar-refractivity contribution in [2.24, 2.45) is 0 Å². The van der Waals surface area contributed by atoms with Crippen molar-refractivity contribution in [1.29, 1.82) is 0 Å². The molecule has 14 heavy (non-hydrogen) atoms. The van der Waals surface area contributed by atoms with Gasteiger partial charge in [-0.2, -0.15) is 0 Å². The van der Waals surface area contributed by atoms with Crippen LogP contribution in [0.1, 0.15) is 6.92 Å². The van der Waals surface area contributed by atoms with Gasteiger partial charge in [0.1, 0.15) is 0 Å². The standard InChI is InChI=1S/C10H15NO3/c1-8(2)10(13)14-9(12)6-5-7-11(3)4/h5-6H,1,7H2,2-4H3. The van der Waals surface area contributed by atoms with Crippen LogP contribution < -0.4 is 0 Å². The van der Waals surface area contributed by atoms with E-state index in [4.69, 9.17) is 0 Å². The lowest BCUT2D eigenvalue weighted by atomic mass is 10.4. The molecular formula is C10H15NO3. The molecule has 0 aromatic carbocycles. The maximum absolute atomic E-state index is 10.9. The first-order chi connectivity index (χ1) is 6.43. The Morgan fingerprint density at radius 2 is 2.00 bits per heavy atom. The number of ether oxygens (including phenoxy) is 1. The van der Waals surface area contributed by atoms with Crippen molar-refractivity contribution in [1.82, 2.24) is 4.90 Å². The van der Waals surface area contributed by atoms with Crippen LogP contribution in [0.4, 0.5) is 0 Å². The highest BCUT2D eigenvalue weighted by atomic mass is 16.6. The fraction of sp³-hybridized carbons (Fsp3) is 0.400. The number of nitrogens with zero attached hydrogens (tertiary/aromatic N) is 1. The molecule has 0 fully saturated rings. The Morgan fingerprint density at radius 3 is 2.43 bits per heavy atom. The molecule has 0 saturated carbocycles. The first-order valence-corrected chi connectivity index (χ1v) is 4.16. The van der Waals surface area contributed by atoms with Crippen LogP contribution in [-0.2, 0) is 14.3 Å². The zero-order valence-corrected chi connectivity index (χ0v) is 8.74. The third-order valence-corrected chi connectivity index (χ3v) is 1.27. The van der Waals surface area contributed by atoms with Crippen molar-refractivity contribution in [2.45, 2.75) is 6.92 Å². The summed E-state index contributed by atoms with van der Waals surface area (Å²) in [6.07, 6.45) is 2.84. The maximum atomic E-state index is 10.9. The van der Waals surface area contributed by atoms with Crippen LogP contribution in [0.5, 0.6) is 0 Å². The van der Waals surface area contributed by atoms with Crippen LogP contribution in [0.3, 0.4) is 0 Å². The van der Waals surface area contributed by atoms with Crippen LogP contribution in [0, 0.1) is 0 Å². The van der Waals surface area contributed by atoms with E-state index >= 15 is 0 Å². The number of likely N-dealkylation sites (N-methyl/N-ethyl adjacent to an activating group) is 1. The molecule has 0 unspecified atom stereocenters. The van der Waals surface area contributed by atoms with Crippen LogP contribution in [0.25, 0.3) is 0 Å². The molecule has 0 amide bonds. The Kier molecular flexibility index (Phi) is 5.48. The number of rotatable bonds is 4. The number of esters is 2. The van der Waals surface area contributed by atoms with Gasteiger partial charge in [-0.3, -0.25) is 0 Å². The fourth-order valence-corrected chi connectivity index (χ4v) is 0.572. The molecule has 78 valence electrons. The monoisotopic (exact) mass is 197 g/mol. The average Bonchev–Trinajstić information content (AvgIpc) is 2.02. The molecule has 0 radical (unpaired) electrons. The summed E-state index contributed by atoms with van der Waals surface area (Å²) in [5.74, 6) is -1.36. The minimum atomic E-state index is -0.690. The molecule has 0 spiro atoms. The number of hydrogen-bond acceptors (Lipinski definition) is 4. The lowest BCUT2D eigenvalue weighted by Crippen LogP contribution is -2.13. The fourth-order valence-electron chi connectivity index (χ4n) is 0.572. The second kappa shape index (κ2) is 6.10. The lowest BCUT2D eigenvalue weighted by molar-refractivity contribution is -0.153. The van der Waals surface area contributed by atoms with Crippen molar-refractivity contribution >= 4 is 11.9 Å². The number of hydrogen-bond donors (Lipinski definition) is 0. The van der Waals surface area contributed by atoms with Crippen molar-refractivity contribution in [3.05, 3.63) is 24.3 Å². The molecule has 4 heteroatoms. The third kappa shape index (κ3) is 6.14. The normalized spacial score (nSPS) is 10.6. The molecular weight excluding hydrogens is 182 g/mol. The van der Waals surface area contributed by atoms with Crippen LogP contribution in [-0.4, -0.2) is 37.5 Å². The number of carbonyl (C=O) groups is 2. The van der Waals surface area contributed by atoms with E-state index in [9.17, 15) is 9.59 Å². The van der Waals surface area contributed by atoms with Crippen LogP contribution in [0.15, 0.2) is 24.3 Å². The molecule has 0 aliphatic rings. The van der Waals surface area contributed by atoms with Gasteiger partial charge < -0.3 is 9.64 Å². The molecule has 0 N–H and O–H groups in total. The third-order valence-electron chi connectivity index (χ3n) is 1.27. The first kappa shape index (κ1) is 12.6. The van der Waals surface area contributed by atoms with E-state index in [1.54, 1.807) is 6.08 Å². The van der Waals surface area contributed by atoms with Crippen molar-refractivity contribution in [2.75, 3.05) is 20.6 Å². The van der Waals surface area contributed by atoms with Gasteiger partial charge in [0.2, 0.25) is 0 Å². The highest BCUT2D eigenvalue weighted by molar-refractivity contribution is 5.98. The maximum Gasteiger partial charge on any atom is 0.340 e. The SMILES string of the molecule is C=C(C)C(=O)OC(=O)C=CCN(C)C. The van der Waals surface area contributed by atoms with E-state index < -0.39 is 11.9 Å². The molecule has 0 rings (SSSR count). The highest BCUT2D eigenvalue weighted by Crippen LogP contribution is 1.93. The second-order valence-corrected chi connectivity index (χ2v) is 3.15. The van der Waals surface area contributed by atoms with Gasteiger partial charge in [-0.25, -0.2) is 9.59 Å². The zero-order valence-electron chi connectivity index (χ0n) is 8.74.